The average Bonchev–Trinajstić information content (AvgIpc) is 2.39. The van der Waals surface area contributed by atoms with Crippen LogP contribution in [0, 0.1) is 0 Å². The van der Waals surface area contributed by atoms with Crippen LogP contribution >= 0.6 is 0 Å². The molecule has 18 heavy (non-hydrogen) atoms. The zero-order valence-corrected chi connectivity index (χ0v) is 12.1. The molecule has 1 aliphatic heterocycles. The predicted molar refractivity (Wildman–Crippen MR) is 71.5 cm³/mol. The smallest absolute Gasteiger partial charge is 0.326 e. The van der Waals surface area contributed by atoms with Crippen LogP contribution in [-0.2, 0) is 14.3 Å². The lowest BCUT2D eigenvalue weighted by atomic mass is 9.84. The van der Waals surface area contributed by atoms with Crippen LogP contribution in [-0.4, -0.2) is 36.9 Å². The summed E-state index contributed by atoms with van der Waals surface area (Å²) < 4.78 is 10.9. The Bertz CT molecular complexity index is 266. The van der Waals surface area contributed by atoms with Crippen LogP contribution in [0.1, 0.15) is 53.4 Å². The summed E-state index contributed by atoms with van der Waals surface area (Å²) in [6.45, 7) is 9.23. The van der Waals surface area contributed by atoms with Gasteiger partial charge in [0.1, 0.15) is 5.54 Å². The lowest BCUT2D eigenvalue weighted by molar-refractivity contribution is -0.159. The van der Waals surface area contributed by atoms with Gasteiger partial charge < -0.3 is 9.47 Å². The van der Waals surface area contributed by atoms with Crippen molar-refractivity contribution in [1.82, 2.24) is 5.32 Å². The number of nitrogens with one attached hydrogen (secondary N) is 1. The van der Waals surface area contributed by atoms with E-state index in [-0.39, 0.29) is 12.1 Å². The quantitative estimate of drug-likeness (QED) is 0.742. The molecule has 1 N–H and O–H groups in total. The lowest BCUT2D eigenvalue weighted by Crippen LogP contribution is -2.60. The molecule has 0 aliphatic carbocycles. The molecule has 1 fully saturated rings. The number of hydrogen-bond donors (Lipinski definition) is 1. The highest BCUT2D eigenvalue weighted by molar-refractivity contribution is 5.81. The second kappa shape index (κ2) is 7.10. The molecule has 4 heteroatoms. The minimum atomic E-state index is -0.551. The number of ether oxygens (including phenoxy) is 2. The average molecular weight is 257 g/mol. The molecule has 106 valence electrons. The van der Waals surface area contributed by atoms with Crippen LogP contribution in [0.4, 0.5) is 0 Å². The maximum Gasteiger partial charge on any atom is 0.326 e. The van der Waals surface area contributed by atoms with Crippen molar-refractivity contribution in [3.63, 3.8) is 0 Å². The number of carbonyl (C=O) groups excluding carboxylic acids is 1. The van der Waals surface area contributed by atoms with Gasteiger partial charge in [0.05, 0.1) is 12.7 Å². The summed E-state index contributed by atoms with van der Waals surface area (Å²) in [5.74, 6) is -0.118. The normalized spacial score (nSPS) is 29.9. The fraction of sp³-hybridized carbons (Fsp3) is 0.929. The molecule has 1 heterocycles. The molecule has 0 radical (unpaired) electrons. The summed E-state index contributed by atoms with van der Waals surface area (Å²) in [6, 6.07) is 0.310. The van der Waals surface area contributed by atoms with Gasteiger partial charge in [-0.2, -0.15) is 0 Å². The third kappa shape index (κ3) is 3.69. The highest BCUT2D eigenvalue weighted by atomic mass is 16.5. The molecule has 0 aromatic rings. The van der Waals surface area contributed by atoms with E-state index in [1.807, 2.05) is 6.92 Å². The Hall–Kier alpha value is -0.610. The largest absolute Gasteiger partial charge is 0.465 e. The Morgan fingerprint density at radius 3 is 2.78 bits per heavy atom. The third-order valence-electron chi connectivity index (χ3n) is 3.72. The van der Waals surface area contributed by atoms with Crippen molar-refractivity contribution in [2.45, 2.75) is 71.1 Å². The zero-order valence-electron chi connectivity index (χ0n) is 12.1. The Morgan fingerprint density at radius 2 is 2.22 bits per heavy atom. The summed E-state index contributed by atoms with van der Waals surface area (Å²) in [4.78, 5) is 12.3. The Kier molecular flexibility index (Phi) is 6.09. The number of carbonyl (C=O) groups is 1. The van der Waals surface area contributed by atoms with Crippen LogP contribution in [0.15, 0.2) is 0 Å². The first-order chi connectivity index (χ1) is 8.57. The zero-order chi connectivity index (χ0) is 13.6. The molecule has 0 saturated carbocycles. The van der Waals surface area contributed by atoms with Crippen molar-refractivity contribution in [3.05, 3.63) is 0 Å². The number of rotatable bonds is 6. The van der Waals surface area contributed by atoms with E-state index in [1.54, 1.807) is 0 Å². The van der Waals surface area contributed by atoms with Crippen LogP contribution in [0.2, 0.25) is 0 Å². The van der Waals surface area contributed by atoms with E-state index in [2.05, 4.69) is 26.1 Å². The van der Waals surface area contributed by atoms with Crippen LogP contribution in [0.25, 0.3) is 0 Å². The summed E-state index contributed by atoms with van der Waals surface area (Å²) in [5.41, 5.74) is -0.551. The number of esters is 1. The van der Waals surface area contributed by atoms with Crippen molar-refractivity contribution in [2.75, 3.05) is 13.2 Å². The van der Waals surface area contributed by atoms with Gasteiger partial charge in [-0.25, -0.2) is 0 Å². The van der Waals surface area contributed by atoms with E-state index in [0.29, 0.717) is 32.1 Å². The predicted octanol–water partition coefficient (Wildman–Crippen LogP) is 2.27. The van der Waals surface area contributed by atoms with Gasteiger partial charge in [-0.15, -0.1) is 0 Å². The van der Waals surface area contributed by atoms with Crippen LogP contribution in [0.3, 0.4) is 0 Å². The molecule has 3 atom stereocenters. The fourth-order valence-corrected chi connectivity index (χ4v) is 2.43. The number of hydrogen-bond acceptors (Lipinski definition) is 4. The van der Waals surface area contributed by atoms with Gasteiger partial charge in [0.25, 0.3) is 0 Å². The molecule has 4 nitrogen and oxygen atoms in total. The first-order valence-electron chi connectivity index (χ1n) is 7.14. The third-order valence-corrected chi connectivity index (χ3v) is 3.72. The highest BCUT2D eigenvalue weighted by Crippen LogP contribution is 2.28. The summed E-state index contributed by atoms with van der Waals surface area (Å²) in [6.07, 6.45) is 3.50. The Morgan fingerprint density at radius 1 is 1.50 bits per heavy atom. The van der Waals surface area contributed by atoms with E-state index in [4.69, 9.17) is 9.47 Å². The maximum atomic E-state index is 12.3. The molecule has 1 aliphatic rings. The van der Waals surface area contributed by atoms with Crippen molar-refractivity contribution >= 4 is 5.97 Å². The van der Waals surface area contributed by atoms with E-state index < -0.39 is 5.54 Å². The second-order valence-corrected chi connectivity index (χ2v) is 5.11. The van der Waals surface area contributed by atoms with Gasteiger partial charge in [-0.05, 0) is 33.1 Å². The minimum Gasteiger partial charge on any atom is -0.465 e. The summed E-state index contributed by atoms with van der Waals surface area (Å²) in [7, 11) is 0. The monoisotopic (exact) mass is 257 g/mol. The van der Waals surface area contributed by atoms with Gasteiger partial charge in [-0.1, -0.05) is 13.8 Å². The maximum absolute atomic E-state index is 12.3. The first-order valence-corrected chi connectivity index (χ1v) is 7.14. The van der Waals surface area contributed by atoms with Crippen molar-refractivity contribution < 1.29 is 14.3 Å². The van der Waals surface area contributed by atoms with E-state index >= 15 is 0 Å². The topological polar surface area (TPSA) is 47.6 Å². The van der Waals surface area contributed by atoms with Crippen LogP contribution < -0.4 is 5.32 Å². The molecular weight excluding hydrogens is 230 g/mol. The van der Waals surface area contributed by atoms with Crippen molar-refractivity contribution in [1.29, 1.82) is 0 Å². The van der Waals surface area contributed by atoms with Crippen molar-refractivity contribution in [3.8, 4) is 0 Å². The first kappa shape index (κ1) is 15.4. The SMILES string of the molecule is CCOC(=O)C1(NC(C)CC)CCOC(CC)C1. The summed E-state index contributed by atoms with van der Waals surface area (Å²) >= 11 is 0. The molecule has 0 bridgehead atoms. The van der Waals surface area contributed by atoms with E-state index in [9.17, 15) is 4.79 Å². The van der Waals surface area contributed by atoms with Gasteiger partial charge in [0.15, 0.2) is 0 Å². The lowest BCUT2D eigenvalue weighted by Gasteiger charge is -2.41. The minimum absolute atomic E-state index is 0.118. The second-order valence-electron chi connectivity index (χ2n) is 5.11. The van der Waals surface area contributed by atoms with E-state index in [1.165, 1.54) is 0 Å². The van der Waals surface area contributed by atoms with Gasteiger partial charge in [0.2, 0.25) is 0 Å². The standard InChI is InChI=1S/C14H27NO3/c1-5-11(4)15-14(13(16)17-7-3)8-9-18-12(6-2)10-14/h11-12,15H,5-10H2,1-4H3. The Balaban J connectivity index is 2.82. The molecule has 0 spiro atoms. The Labute approximate surface area is 110 Å². The molecular formula is C14H27NO3. The van der Waals surface area contributed by atoms with Crippen LogP contribution in [0.5, 0.6) is 0 Å². The molecule has 0 aromatic carbocycles. The summed E-state index contributed by atoms with van der Waals surface area (Å²) in [5, 5.41) is 3.48. The molecule has 0 aromatic heterocycles. The van der Waals surface area contributed by atoms with Gasteiger partial charge >= 0.3 is 5.97 Å². The van der Waals surface area contributed by atoms with Gasteiger partial charge in [-0.3, -0.25) is 10.1 Å². The molecule has 1 saturated heterocycles. The molecule has 1 rings (SSSR count). The van der Waals surface area contributed by atoms with E-state index in [0.717, 1.165) is 12.8 Å². The van der Waals surface area contributed by atoms with Crippen molar-refractivity contribution in [2.24, 2.45) is 0 Å². The highest BCUT2D eigenvalue weighted by Gasteiger charge is 2.44. The molecule has 0 amide bonds. The fourth-order valence-electron chi connectivity index (χ4n) is 2.43. The molecule has 3 unspecified atom stereocenters. The van der Waals surface area contributed by atoms with Gasteiger partial charge in [0, 0.05) is 19.1 Å².